The predicted octanol–water partition coefficient (Wildman–Crippen LogP) is 3.40. The first kappa shape index (κ1) is 42.6. The van der Waals surface area contributed by atoms with Gasteiger partial charge in [0.15, 0.2) is 0 Å². The highest BCUT2D eigenvalue weighted by atomic mass is 16.6. The highest BCUT2D eigenvalue weighted by Gasteiger charge is 2.33. The minimum absolute atomic E-state index is 0.0102. The zero-order valence-electron chi connectivity index (χ0n) is 31.5. The van der Waals surface area contributed by atoms with E-state index in [0.29, 0.717) is 6.42 Å². The average molecular weight is 711 g/mol. The minimum atomic E-state index is -1.16. The zero-order valence-corrected chi connectivity index (χ0v) is 31.5. The van der Waals surface area contributed by atoms with E-state index in [-0.39, 0.29) is 37.1 Å². The van der Waals surface area contributed by atoms with Crippen LogP contribution in [-0.4, -0.2) is 75.7 Å². The second-order valence-corrected chi connectivity index (χ2v) is 14.6. The number of aromatic nitrogens is 1. The van der Waals surface area contributed by atoms with Gasteiger partial charge >= 0.3 is 6.09 Å². The van der Waals surface area contributed by atoms with E-state index in [1.807, 2.05) is 58.0 Å². The van der Waals surface area contributed by atoms with Gasteiger partial charge in [-0.05, 0) is 75.6 Å². The van der Waals surface area contributed by atoms with Gasteiger partial charge in [-0.1, -0.05) is 71.4 Å². The summed E-state index contributed by atoms with van der Waals surface area (Å²) in [5.41, 5.74) is 0.961. The molecule has 0 aliphatic carbocycles. The third-order valence-corrected chi connectivity index (χ3v) is 8.52. The van der Waals surface area contributed by atoms with Crippen molar-refractivity contribution in [3.05, 3.63) is 66.0 Å². The molecule has 0 radical (unpaired) electrons. The van der Waals surface area contributed by atoms with Crippen LogP contribution in [0.4, 0.5) is 4.79 Å². The molecular formula is C38H58N6O7. The molecule has 282 valence electrons. The van der Waals surface area contributed by atoms with Crippen molar-refractivity contribution in [2.24, 2.45) is 17.8 Å². The van der Waals surface area contributed by atoms with E-state index in [0.717, 1.165) is 11.1 Å². The molecule has 0 aliphatic heterocycles. The maximum Gasteiger partial charge on any atom is 0.408 e. The van der Waals surface area contributed by atoms with Gasteiger partial charge in [-0.2, -0.15) is 0 Å². The van der Waals surface area contributed by atoms with Gasteiger partial charge in [-0.15, -0.1) is 0 Å². The molecule has 2 rings (SSSR count). The summed E-state index contributed by atoms with van der Waals surface area (Å²) in [6, 6.07) is 9.28. The van der Waals surface area contributed by atoms with Crippen LogP contribution in [0.5, 0.6) is 0 Å². The fraction of sp³-hybridized carbons (Fsp3) is 0.579. The van der Waals surface area contributed by atoms with Crippen molar-refractivity contribution < 1.29 is 33.8 Å². The lowest BCUT2D eigenvalue weighted by atomic mass is 9.92. The number of amides is 5. The number of benzene rings is 1. The van der Waals surface area contributed by atoms with E-state index in [1.165, 1.54) is 6.92 Å². The van der Waals surface area contributed by atoms with Crippen molar-refractivity contribution in [1.29, 1.82) is 0 Å². The van der Waals surface area contributed by atoms with Crippen LogP contribution in [0.3, 0.4) is 0 Å². The Morgan fingerprint density at radius 1 is 0.765 bits per heavy atom. The predicted molar refractivity (Wildman–Crippen MR) is 195 cm³/mol. The Hall–Kier alpha value is -4.52. The fourth-order valence-electron chi connectivity index (χ4n) is 5.23. The SMILES string of the molecule is CC[C@H](C)[C@H](NC(=O)OC(C)(C)C)C(=O)N[C@@H](C)C(=O)N[C@@H](Cc1ccccc1)[C@@H](O)C[C@@H](C)C(=O)N[C@H](C(=O)NCc1ccncc1)C(C)C. The van der Waals surface area contributed by atoms with Gasteiger partial charge in [0.1, 0.15) is 23.7 Å². The number of rotatable bonds is 18. The van der Waals surface area contributed by atoms with Crippen molar-refractivity contribution in [3.63, 3.8) is 0 Å². The molecule has 1 aromatic carbocycles. The molecule has 1 aromatic heterocycles. The Morgan fingerprint density at radius 2 is 1.39 bits per heavy atom. The van der Waals surface area contributed by atoms with E-state index in [9.17, 15) is 29.1 Å². The highest BCUT2D eigenvalue weighted by Crippen LogP contribution is 2.16. The summed E-state index contributed by atoms with van der Waals surface area (Å²) in [6.45, 7) is 16.0. The van der Waals surface area contributed by atoms with E-state index < -0.39 is 65.6 Å². The lowest BCUT2D eigenvalue weighted by Crippen LogP contribution is -2.57. The monoisotopic (exact) mass is 710 g/mol. The summed E-state index contributed by atoms with van der Waals surface area (Å²) >= 11 is 0. The van der Waals surface area contributed by atoms with Crippen LogP contribution < -0.4 is 26.6 Å². The van der Waals surface area contributed by atoms with Crippen LogP contribution in [0.2, 0.25) is 0 Å². The Balaban J connectivity index is 2.11. The first-order valence-electron chi connectivity index (χ1n) is 17.7. The molecule has 2 aromatic rings. The third kappa shape index (κ3) is 15.1. The Bertz CT molecular complexity index is 1420. The number of hydrogen-bond donors (Lipinski definition) is 6. The van der Waals surface area contributed by atoms with Crippen LogP contribution in [0.1, 0.15) is 86.3 Å². The number of aliphatic hydroxyl groups is 1. The second-order valence-electron chi connectivity index (χ2n) is 14.6. The maximum absolute atomic E-state index is 13.5. The van der Waals surface area contributed by atoms with Crippen LogP contribution in [-0.2, 0) is 36.9 Å². The van der Waals surface area contributed by atoms with E-state index >= 15 is 0 Å². The summed E-state index contributed by atoms with van der Waals surface area (Å²) in [5.74, 6) is -3.01. The molecule has 0 saturated heterocycles. The number of ether oxygens (including phenoxy) is 1. The van der Waals surface area contributed by atoms with Gasteiger partial charge in [0.2, 0.25) is 23.6 Å². The molecule has 13 nitrogen and oxygen atoms in total. The first-order chi connectivity index (χ1) is 23.9. The third-order valence-electron chi connectivity index (χ3n) is 8.52. The molecule has 0 fully saturated rings. The number of hydrogen-bond acceptors (Lipinski definition) is 8. The maximum atomic E-state index is 13.5. The van der Waals surface area contributed by atoms with Gasteiger partial charge < -0.3 is 36.4 Å². The molecule has 0 aliphatic rings. The van der Waals surface area contributed by atoms with Gasteiger partial charge in [0.05, 0.1) is 12.1 Å². The number of carbonyl (C=O) groups is 5. The molecule has 13 heteroatoms. The van der Waals surface area contributed by atoms with Crippen molar-refractivity contribution in [2.45, 2.75) is 124 Å². The summed E-state index contributed by atoms with van der Waals surface area (Å²) in [5, 5.41) is 25.3. The molecule has 1 heterocycles. The average Bonchev–Trinajstić information content (AvgIpc) is 3.07. The molecule has 0 saturated carbocycles. The smallest absolute Gasteiger partial charge is 0.408 e. The molecule has 6 N–H and O–H groups in total. The minimum Gasteiger partial charge on any atom is -0.444 e. The number of nitrogens with zero attached hydrogens (tertiary/aromatic N) is 1. The lowest BCUT2D eigenvalue weighted by Gasteiger charge is -2.30. The van der Waals surface area contributed by atoms with E-state index in [4.69, 9.17) is 4.74 Å². The van der Waals surface area contributed by atoms with E-state index in [2.05, 4.69) is 31.6 Å². The summed E-state index contributed by atoms with van der Waals surface area (Å²) in [6.07, 6.45) is 2.20. The number of alkyl carbamates (subject to hydrolysis) is 1. The first-order valence-corrected chi connectivity index (χ1v) is 17.7. The topological polar surface area (TPSA) is 188 Å². The van der Waals surface area contributed by atoms with Crippen LogP contribution in [0.25, 0.3) is 0 Å². The molecule has 7 atom stereocenters. The van der Waals surface area contributed by atoms with Gasteiger partial charge in [0.25, 0.3) is 0 Å². The number of aliphatic hydroxyl groups excluding tert-OH is 1. The normalized spacial score (nSPS) is 15.6. The number of carbonyl (C=O) groups excluding carboxylic acids is 5. The molecule has 0 unspecified atom stereocenters. The van der Waals surface area contributed by atoms with E-state index in [1.54, 1.807) is 52.2 Å². The van der Waals surface area contributed by atoms with Crippen molar-refractivity contribution in [2.75, 3.05) is 0 Å². The van der Waals surface area contributed by atoms with Crippen LogP contribution in [0, 0.1) is 17.8 Å². The highest BCUT2D eigenvalue weighted by molar-refractivity contribution is 5.91. The Kier molecular flexibility index (Phi) is 17.0. The summed E-state index contributed by atoms with van der Waals surface area (Å²) in [7, 11) is 0. The fourth-order valence-corrected chi connectivity index (χ4v) is 5.23. The second kappa shape index (κ2) is 20.4. The quantitative estimate of drug-likeness (QED) is 0.136. The molecule has 0 spiro atoms. The van der Waals surface area contributed by atoms with Crippen molar-refractivity contribution >= 4 is 29.7 Å². The largest absolute Gasteiger partial charge is 0.444 e. The standard InChI is InChI=1S/C38H58N6O7/c1-10-24(4)32(44-37(50)51-38(7,8)9)36(49)41-26(6)34(47)42-29(21-27-14-12-11-13-15-27)30(45)20-25(5)33(46)43-31(23(2)3)35(48)40-22-28-16-18-39-19-17-28/h11-19,23-26,29-32,45H,10,20-22H2,1-9H3,(H,40,48)(H,41,49)(H,42,47)(H,43,46)(H,44,50)/t24-,25+,26-,29-,30-,31-,32-/m0/s1. The van der Waals surface area contributed by atoms with Gasteiger partial charge in [-0.25, -0.2) is 4.79 Å². The van der Waals surface area contributed by atoms with Crippen molar-refractivity contribution in [3.8, 4) is 0 Å². The van der Waals surface area contributed by atoms with Crippen LogP contribution in [0.15, 0.2) is 54.9 Å². The number of pyridine rings is 1. The van der Waals surface area contributed by atoms with Gasteiger partial charge in [0, 0.05) is 24.9 Å². The Morgan fingerprint density at radius 3 is 1.96 bits per heavy atom. The lowest BCUT2D eigenvalue weighted by molar-refractivity contribution is -0.133. The molecule has 0 bridgehead atoms. The van der Waals surface area contributed by atoms with Crippen LogP contribution >= 0.6 is 0 Å². The molecule has 5 amide bonds. The molecular weight excluding hydrogens is 652 g/mol. The summed E-state index contributed by atoms with van der Waals surface area (Å²) < 4.78 is 5.33. The molecule has 51 heavy (non-hydrogen) atoms. The van der Waals surface area contributed by atoms with Gasteiger partial charge in [-0.3, -0.25) is 24.2 Å². The Labute approximate surface area is 302 Å². The van der Waals surface area contributed by atoms with Crippen molar-refractivity contribution in [1.82, 2.24) is 31.6 Å². The number of nitrogens with one attached hydrogen (secondary N) is 5. The zero-order chi connectivity index (χ0) is 38.3. The summed E-state index contributed by atoms with van der Waals surface area (Å²) in [4.78, 5) is 69.6.